The Morgan fingerprint density at radius 1 is 1.14 bits per heavy atom. The number of hydrogen-bond acceptors (Lipinski definition) is 4. The number of nitrogens with two attached hydrogens (primary N) is 1. The number of carbonyl (C=O) groups is 1. The van der Waals surface area contributed by atoms with Crippen LogP contribution in [0.3, 0.4) is 0 Å². The van der Waals surface area contributed by atoms with Gasteiger partial charge in [-0.25, -0.2) is 8.42 Å². The molecule has 0 bridgehead atoms. The van der Waals surface area contributed by atoms with Crippen molar-refractivity contribution in [1.29, 1.82) is 0 Å². The Hall–Kier alpha value is -1.40. The van der Waals surface area contributed by atoms with E-state index >= 15 is 0 Å². The molecule has 6 heteroatoms. The number of nitrogens with one attached hydrogen (secondary N) is 1. The smallest absolute Gasteiger partial charge is 0.251 e. The number of sulfone groups is 1. The molecule has 5 nitrogen and oxygen atoms in total. The predicted octanol–water partition coefficient (Wildman–Crippen LogP) is 1.87. The molecule has 0 atom stereocenters. The van der Waals surface area contributed by atoms with Crippen molar-refractivity contribution in [3.05, 3.63) is 29.8 Å². The molecular weight excluding hydrogens is 300 g/mol. The fraction of sp³-hybridized carbons (Fsp3) is 0.562. The molecule has 0 unspecified atom stereocenters. The summed E-state index contributed by atoms with van der Waals surface area (Å²) in [5.74, 6) is -0.179. The third-order valence-electron chi connectivity index (χ3n) is 4.10. The standard InChI is InChI=1S/C16H24N2O3S/c17-11-3-4-12-18-16(19)13-7-9-15(10-8-13)22(20,21)14-5-1-2-6-14/h7-10,14H,1-6,11-12,17H2,(H,18,19). The Balaban J connectivity index is 1.99. The van der Waals surface area contributed by atoms with E-state index in [4.69, 9.17) is 5.73 Å². The highest BCUT2D eigenvalue weighted by Gasteiger charge is 2.30. The summed E-state index contributed by atoms with van der Waals surface area (Å²) in [5.41, 5.74) is 5.88. The molecule has 1 saturated carbocycles. The lowest BCUT2D eigenvalue weighted by molar-refractivity contribution is 0.0953. The monoisotopic (exact) mass is 324 g/mol. The van der Waals surface area contributed by atoms with Crippen molar-refractivity contribution >= 4 is 15.7 Å². The molecule has 1 aromatic carbocycles. The maximum atomic E-state index is 12.4. The molecule has 122 valence electrons. The molecule has 1 aliphatic carbocycles. The Morgan fingerprint density at radius 2 is 1.77 bits per heavy atom. The molecule has 1 aliphatic rings. The molecule has 0 radical (unpaired) electrons. The first-order chi connectivity index (χ1) is 10.6. The van der Waals surface area contributed by atoms with E-state index in [1.807, 2.05) is 0 Å². The summed E-state index contributed by atoms with van der Waals surface area (Å²) in [4.78, 5) is 12.3. The SMILES string of the molecule is NCCCCNC(=O)c1ccc(S(=O)(=O)C2CCCC2)cc1. The molecule has 0 spiro atoms. The summed E-state index contributed by atoms with van der Waals surface area (Å²) in [6.07, 6.45) is 5.16. The fourth-order valence-electron chi connectivity index (χ4n) is 2.76. The van der Waals surface area contributed by atoms with E-state index in [-0.39, 0.29) is 11.2 Å². The Morgan fingerprint density at radius 3 is 2.36 bits per heavy atom. The summed E-state index contributed by atoms with van der Waals surface area (Å²) in [6.45, 7) is 1.20. The van der Waals surface area contributed by atoms with Crippen LogP contribution in [0, 0.1) is 0 Å². The highest BCUT2D eigenvalue weighted by molar-refractivity contribution is 7.92. The molecule has 0 aliphatic heterocycles. The first-order valence-electron chi connectivity index (χ1n) is 7.88. The topological polar surface area (TPSA) is 89.3 Å². The quantitative estimate of drug-likeness (QED) is 0.749. The van der Waals surface area contributed by atoms with Crippen LogP contribution in [-0.2, 0) is 9.84 Å². The van der Waals surface area contributed by atoms with Crippen LogP contribution >= 0.6 is 0 Å². The van der Waals surface area contributed by atoms with Gasteiger partial charge in [-0.3, -0.25) is 4.79 Å². The van der Waals surface area contributed by atoms with Gasteiger partial charge in [-0.1, -0.05) is 12.8 Å². The minimum absolute atomic E-state index is 0.179. The minimum atomic E-state index is -3.25. The lowest BCUT2D eigenvalue weighted by Gasteiger charge is -2.11. The van der Waals surface area contributed by atoms with Gasteiger partial charge in [0.15, 0.2) is 9.84 Å². The van der Waals surface area contributed by atoms with Gasteiger partial charge in [-0.15, -0.1) is 0 Å². The molecule has 1 amide bonds. The second kappa shape index (κ2) is 7.74. The van der Waals surface area contributed by atoms with Crippen molar-refractivity contribution in [2.24, 2.45) is 5.73 Å². The van der Waals surface area contributed by atoms with Crippen LogP contribution in [0.25, 0.3) is 0 Å². The first kappa shape index (κ1) is 17.0. The second-order valence-corrected chi connectivity index (χ2v) is 7.96. The zero-order valence-corrected chi connectivity index (χ0v) is 13.6. The van der Waals surface area contributed by atoms with Crippen molar-refractivity contribution in [2.75, 3.05) is 13.1 Å². The van der Waals surface area contributed by atoms with Gasteiger partial charge in [-0.2, -0.15) is 0 Å². The number of hydrogen-bond donors (Lipinski definition) is 2. The van der Waals surface area contributed by atoms with Gasteiger partial charge >= 0.3 is 0 Å². The first-order valence-corrected chi connectivity index (χ1v) is 9.42. The third kappa shape index (κ3) is 4.08. The lowest BCUT2D eigenvalue weighted by atomic mass is 10.2. The Labute approximate surface area is 132 Å². The molecule has 1 fully saturated rings. The van der Waals surface area contributed by atoms with E-state index in [2.05, 4.69) is 5.32 Å². The van der Waals surface area contributed by atoms with E-state index in [0.29, 0.717) is 23.5 Å². The second-order valence-electron chi connectivity index (χ2n) is 5.73. The van der Waals surface area contributed by atoms with Gasteiger partial charge in [0.2, 0.25) is 0 Å². The summed E-state index contributed by atoms with van der Waals surface area (Å²) in [6, 6.07) is 6.26. The summed E-state index contributed by atoms with van der Waals surface area (Å²) in [7, 11) is -3.25. The highest BCUT2D eigenvalue weighted by Crippen LogP contribution is 2.29. The predicted molar refractivity (Wildman–Crippen MR) is 86.5 cm³/mol. The third-order valence-corrected chi connectivity index (χ3v) is 6.38. The van der Waals surface area contributed by atoms with E-state index in [0.717, 1.165) is 38.5 Å². The van der Waals surface area contributed by atoms with Crippen molar-refractivity contribution in [1.82, 2.24) is 5.32 Å². The normalized spacial score (nSPS) is 15.9. The van der Waals surface area contributed by atoms with Gasteiger partial charge in [0, 0.05) is 12.1 Å². The van der Waals surface area contributed by atoms with Crippen LogP contribution in [0.4, 0.5) is 0 Å². The summed E-state index contributed by atoms with van der Waals surface area (Å²) < 4.78 is 24.9. The number of amides is 1. The van der Waals surface area contributed by atoms with Gasteiger partial charge in [0.25, 0.3) is 5.91 Å². The van der Waals surface area contributed by atoms with Crippen LogP contribution in [0.2, 0.25) is 0 Å². The molecule has 0 saturated heterocycles. The molecule has 0 aromatic heterocycles. The highest BCUT2D eigenvalue weighted by atomic mass is 32.2. The average molecular weight is 324 g/mol. The maximum Gasteiger partial charge on any atom is 0.251 e. The fourth-order valence-corrected chi connectivity index (χ4v) is 4.61. The number of rotatable bonds is 7. The van der Waals surface area contributed by atoms with Crippen LogP contribution in [0.5, 0.6) is 0 Å². The van der Waals surface area contributed by atoms with Crippen LogP contribution in [0.1, 0.15) is 48.9 Å². The van der Waals surface area contributed by atoms with Crippen molar-refractivity contribution in [3.63, 3.8) is 0 Å². The Bertz CT molecular complexity index is 590. The summed E-state index contributed by atoms with van der Waals surface area (Å²) >= 11 is 0. The van der Waals surface area contributed by atoms with Gasteiger partial charge < -0.3 is 11.1 Å². The van der Waals surface area contributed by atoms with E-state index in [1.165, 1.54) is 0 Å². The number of carbonyl (C=O) groups excluding carboxylic acids is 1. The lowest BCUT2D eigenvalue weighted by Crippen LogP contribution is -2.25. The Kier molecular flexibility index (Phi) is 5.97. The van der Waals surface area contributed by atoms with E-state index < -0.39 is 9.84 Å². The molecular formula is C16H24N2O3S. The van der Waals surface area contributed by atoms with E-state index in [1.54, 1.807) is 24.3 Å². The van der Waals surface area contributed by atoms with Crippen molar-refractivity contribution in [3.8, 4) is 0 Å². The van der Waals surface area contributed by atoms with Crippen LogP contribution < -0.4 is 11.1 Å². The zero-order chi connectivity index (χ0) is 16.0. The van der Waals surface area contributed by atoms with Crippen LogP contribution in [-0.4, -0.2) is 32.7 Å². The zero-order valence-electron chi connectivity index (χ0n) is 12.8. The molecule has 3 N–H and O–H groups in total. The van der Waals surface area contributed by atoms with Crippen LogP contribution in [0.15, 0.2) is 29.2 Å². The number of benzene rings is 1. The average Bonchev–Trinajstić information content (AvgIpc) is 3.07. The molecule has 1 aromatic rings. The number of unbranched alkanes of at least 4 members (excludes halogenated alkanes) is 1. The molecule has 22 heavy (non-hydrogen) atoms. The molecule has 0 heterocycles. The maximum absolute atomic E-state index is 12.4. The van der Waals surface area contributed by atoms with Crippen molar-refractivity contribution < 1.29 is 13.2 Å². The summed E-state index contributed by atoms with van der Waals surface area (Å²) in [5, 5.41) is 2.54. The van der Waals surface area contributed by atoms with Gasteiger partial charge in [-0.05, 0) is 56.5 Å². The van der Waals surface area contributed by atoms with Gasteiger partial charge in [0.1, 0.15) is 0 Å². The minimum Gasteiger partial charge on any atom is -0.352 e. The van der Waals surface area contributed by atoms with E-state index in [9.17, 15) is 13.2 Å². The largest absolute Gasteiger partial charge is 0.352 e. The van der Waals surface area contributed by atoms with Gasteiger partial charge in [0.05, 0.1) is 10.1 Å². The van der Waals surface area contributed by atoms with Crippen molar-refractivity contribution in [2.45, 2.75) is 48.7 Å². The molecule has 2 rings (SSSR count).